The van der Waals surface area contributed by atoms with Gasteiger partial charge < -0.3 is 5.32 Å². The molecule has 0 aliphatic heterocycles. The molecule has 6 heteroatoms. The molecule has 0 unspecified atom stereocenters. The van der Waals surface area contributed by atoms with Gasteiger partial charge in [-0.05, 0) is 35.9 Å². The second-order valence-electron chi connectivity index (χ2n) is 4.29. The fourth-order valence-corrected chi connectivity index (χ4v) is 2.75. The van der Waals surface area contributed by atoms with Crippen molar-refractivity contribution in [2.45, 2.75) is 5.75 Å². The van der Waals surface area contributed by atoms with Crippen molar-refractivity contribution >= 4 is 46.6 Å². The van der Waals surface area contributed by atoms with Gasteiger partial charge in [0.05, 0.1) is 16.5 Å². The van der Waals surface area contributed by atoms with Crippen LogP contribution in [0.2, 0.25) is 10.0 Å². The molecule has 2 aromatic carbocycles. The van der Waals surface area contributed by atoms with Crippen molar-refractivity contribution in [2.24, 2.45) is 0 Å². The van der Waals surface area contributed by atoms with Gasteiger partial charge in [0, 0.05) is 10.8 Å². The first-order valence-electron chi connectivity index (χ1n) is 6.11. The molecular formula is C15H12Cl2FNOS. The summed E-state index contributed by atoms with van der Waals surface area (Å²) in [6, 6.07) is 11.1. The smallest absolute Gasteiger partial charge is 0.234 e. The van der Waals surface area contributed by atoms with Crippen LogP contribution in [0.3, 0.4) is 0 Å². The molecule has 1 N–H and O–H groups in total. The number of halogens is 3. The van der Waals surface area contributed by atoms with E-state index in [1.54, 1.807) is 30.3 Å². The lowest BCUT2D eigenvalue weighted by Crippen LogP contribution is -2.14. The maximum atomic E-state index is 12.8. The summed E-state index contributed by atoms with van der Waals surface area (Å²) in [6.45, 7) is 0. The summed E-state index contributed by atoms with van der Waals surface area (Å²) in [6.07, 6.45) is 0. The molecule has 2 nitrogen and oxygen atoms in total. The van der Waals surface area contributed by atoms with E-state index in [0.29, 0.717) is 21.5 Å². The zero-order valence-electron chi connectivity index (χ0n) is 10.9. The monoisotopic (exact) mass is 343 g/mol. The van der Waals surface area contributed by atoms with Gasteiger partial charge in [0.2, 0.25) is 5.91 Å². The van der Waals surface area contributed by atoms with Crippen LogP contribution in [0.5, 0.6) is 0 Å². The van der Waals surface area contributed by atoms with E-state index >= 15 is 0 Å². The number of anilines is 1. The van der Waals surface area contributed by atoms with E-state index in [1.165, 1.54) is 23.9 Å². The minimum Gasteiger partial charge on any atom is -0.324 e. The van der Waals surface area contributed by atoms with Crippen molar-refractivity contribution in [3.63, 3.8) is 0 Å². The third kappa shape index (κ3) is 5.23. The zero-order valence-corrected chi connectivity index (χ0v) is 13.2. The third-order valence-electron chi connectivity index (χ3n) is 2.62. The molecule has 110 valence electrons. The second kappa shape index (κ2) is 7.69. The summed E-state index contributed by atoms with van der Waals surface area (Å²) < 4.78 is 12.8. The van der Waals surface area contributed by atoms with Crippen LogP contribution in [0.25, 0.3) is 0 Å². The highest BCUT2D eigenvalue weighted by Gasteiger charge is 2.07. The average molecular weight is 344 g/mol. The first-order valence-corrected chi connectivity index (χ1v) is 8.03. The molecule has 0 bridgehead atoms. The quantitative estimate of drug-likeness (QED) is 0.827. The molecule has 0 fully saturated rings. The van der Waals surface area contributed by atoms with Crippen molar-refractivity contribution < 1.29 is 9.18 Å². The number of hydrogen-bond acceptors (Lipinski definition) is 2. The number of rotatable bonds is 5. The number of benzene rings is 2. The first kappa shape index (κ1) is 16.1. The Kier molecular flexibility index (Phi) is 5.91. The summed E-state index contributed by atoms with van der Waals surface area (Å²) in [7, 11) is 0. The van der Waals surface area contributed by atoms with Gasteiger partial charge in [-0.1, -0.05) is 35.3 Å². The van der Waals surface area contributed by atoms with Crippen LogP contribution in [-0.4, -0.2) is 11.7 Å². The van der Waals surface area contributed by atoms with Gasteiger partial charge in [0.15, 0.2) is 0 Å². The predicted octanol–water partition coefficient (Wildman–Crippen LogP) is 5.00. The Morgan fingerprint density at radius 3 is 2.57 bits per heavy atom. The molecule has 0 aromatic heterocycles. The molecular weight excluding hydrogens is 332 g/mol. The van der Waals surface area contributed by atoms with E-state index < -0.39 is 0 Å². The summed E-state index contributed by atoms with van der Waals surface area (Å²) in [5.74, 6) is 0.486. The Morgan fingerprint density at radius 2 is 1.86 bits per heavy atom. The zero-order chi connectivity index (χ0) is 15.2. The van der Waals surface area contributed by atoms with Crippen LogP contribution >= 0.6 is 35.0 Å². The Hall–Kier alpha value is -1.23. The summed E-state index contributed by atoms with van der Waals surface area (Å²) in [4.78, 5) is 11.8. The normalized spacial score (nSPS) is 10.4. The van der Waals surface area contributed by atoms with Crippen LogP contribution in [0.15, 0.2) is 42.5 Å². The Bertz CT molecular complexity index is 634. The fourth-order valence-electron chi connectivity index (χ4n) is 1.62. The molecule has 0 radical (unpaired) electrons. The lowest BCUT2D eigenvalue weighted by atomic mass is 10.2. The van der Waals surface area contributed by atoms with Gasteiger partial charge in [-0.25, -0.2) is 4.39 Å². The van der Waals surface area contributed by atoms with Crippen molar-refractivity contribution in [2.75, 3.05) is 11.1 Å². The molecule has 0 saturated heterocycles. The lowest BCUT2D eigenvalue weighted by molar-refractivity contribution is -0.113. The number of carbonyl (C=O) groups excluding carboxylic acids is 1. The molecule has 0 aliphatic carbocycles. The van der Waals surface area contributed by atoms with Crippen LogP contribution in [0, 0.1) is 5.82 Å². The Morgan fingerprint density at radius 1 is 1.14 bits per heavy atom. The van der Waals surface area contributed by atoms with E-state index in [9.17, 15) is 9.18 Å². The van der Waals surface area contributed by atoms with E-state index in [-0.39, 0.29) is 17.5 Å². The number of thioether (sulfide) groups is 1. The average Bonchev–Trinajstić information content (AvgIpc) is 2.45. The standard InChI is InChI=1S/C15H12Cl2FNOS/c16-11-3-6-13(17)14(7-11)19-15(20)9-21-8-10-1-4-12(18)5-2-10/h1-7H,8-9H2,(H,19,20). The predicted molar refractivity (Wildman–Crippen MR) is 87.7 cm³/mol. The van der Waals surface area contributed by atoms with Crippen LogP contribution in [0.1, 0.15) is 5.56 Å². The van der Waals surface area contributed by atoms with Crippen LogP contribution in [-0.2, 0) is 10.5 Å². The molecule has 21 heavy (non-hydrogen) atoms. The van der Waals surface area contributed by atoms with E-state index in [2.05, 4.69) is 5.32 Å². The SMILES string of the molecule is O=C(CSCc1ccc(F)cc1)Nc1cc(Cl)ccc1Cl. The van der Waals surface area contributed by atoms with Gasteiger partial charge in [-0.2, -0.15) is 0 Å². The van der Waals surface area contributed by atoms with Gasteiger partial charge in [-0.3, -0.25) is 4.79 Å². The minimum absolute atomic E-state index is 0.161. The highest BCUT2D eigenvalue weighted by Crippen LogP contribution is 2.25. The van der Waals surface area contributed by atoms with Crippen molar-refractivity contribution in [3.05, 3.63) is 63.9 Å². The largest absolute Gasteiger partial charge is 0.324 e. The Balaban J connectivity index is 1.82. The molecule has 0 heterocycles. The van der Waals surface area contributed by atoms with Crippen molar-refractivity contribution in [1.29, 1.82) is 0 Å². The van der Waals surface area contributed by atoms with Gasteiger partial charge in [-0.15, -0.1) is 11.8 Å². The second-order valence-corrected chi connectivity index (χ2v) is 6.12. The Labute approximate surface area is 136 Å². The topological polar surface area (TPSA) is 29.1 Å². The fraction of sp³-hybridized carbons (Fsp3) is 0.133. The molecule has 0 saturated carbocycles. The van der Waals surface area contributed by atoms with Gasteiger partial charge in [0.25, 0.3) is 0 Å². The highest BCUT2D eigenvalue weighted by atomic mass is 35.5. The number of nitrogens with one attached hydrogen (secondary N) is 1. The summed E-state index contributed by atoms with van der Waals surface area (Å²) in [5, 5.41) is 3.66. The molecule has 0 spiro atoms. The molecule has 0 aliphatic rings. The van der Waals surface area contributed by atoms with Crippen molar-refractivity contribution in [1.82, 2.24) is 0 Å². The van der Waals surface area contributed by atoms with Crippen LogP contribution in [0.4, 0.5) is 10.1 Å². The van der Waals surface area contributed by atoms with Crippen molar-refractivity contribution in [3.8, 4) is 0 Å². The number of carbonyl (C=O) groups is 1. The molecule has 1 amide bonds. The van der Waals surface area contributed by atoms with Gasteiger partial charge >= 0.3 is 0 Å². The van der Waals surface area contributed by atoms with Gasteiger partial charge in [0.1, 0.15) is 5.82 Å². The summed E-state index contributed by atoms with van der Waals surface area (Å²) >= 11 is 13.3. The number of hydrogen-bond donors (Lipinski definition) is 1. The highest BCUT2D eigenvalue weighted by molar-refractivity contribution is 7.99. The van der Waals surface area contributed by atoms with Crippen LogP contribution < -0.4 is 5.32 Å². The minimum atomic E-state index is -0.267. The molecule has 2 rings (SSSR count). The molecule has 2 aromatic rings. The third-order valence-corrected chi connectivity index (χ3v) is 4.19. The maximum absolute atomic E-state index is 12.8. The maximum Gasteiger partial charge on any atom is 0.234 e. The lowest BCUT2D eigenvalue weighted by Gasteiger charge is -2.07. The molecule has 0 atom stereocenters. The number of amides is 1. The van der Waals surface area contributed by atoms with E-state index in [0.717, 1.165) is 5.56 Å². The first-order chi connectivity index (χ1) is 10.0. The van der Waals surface area contributed by atoms with E-state index in [1.807, 2.05) is 0 Å². The summed E-state index contributed by atoms with van der Waals surface area (Å²) in [5.41, 5.74) is 1.46. The van der Waals surface area contributed by atoms with E-state index in [4.69, 9.17) is 23.2 Å².